The van der Waals surface area contributed by atoms with E-state index in [2.05, 4.69) is 62.5 Å². The zero-order valence-electron chi connectivity index (χ0n) is 24.5. The zero-order chi connectivity index (χ0) is 29.6. The first-order valence-corrected chi connectivity index (χ1v) is 14.0. The van der Waals surface area contributed by atoms with E-state index in [1.165, 1.54) is 5.56 Å². The molecule has 9 heteroatoms. The maximum absolute atomic E-state index is 13.2. The van der Waals surface area contributed by atoms with E-state index in [4.69, 9.17) is 9.47 Å². The lowest BCUT2D eigenvalue weighted by molar-refractivity contribution is -0.117. The molecule has 1 amide bonds. The largest absolute Gasteiger partial charge is 0.493 e. The molecule has 1 atom stereocenters. The number of likely N-dealkylation sites (N-methyl/N-ethyl adjacent to an activating group) is 1. The second kappa shape index (κ2) is 12.9. The summed E-state index contributed by atoms with van der Waals surface area (Å²) in [6, 6.07) is 17.7. The summed E-state index contributed by atoms with van der Waals surface area (Å²) in [5.74, 6) is 0.706. The first-order valence-electron chi connectivity index (χ1n) is 14.0. The highest BCUT2D eigenvalue weighted by molar-refractivity contribution is 6.06. The van der Waals surface area contributed by atoms with Crippen LogP contribution in [0.15, 0.2) is 66.5 Å². The number of ether oxygens (including phenoxy) is 2. The number of hydrogen-bond donors (Lipinski definition) is 2. The third kappa shape index (κ3) is 6.30. The molecule has 42 heavy (non-hydrogen) atoms. The molecule has 9 nitrogen and oxygen atoms in total. The van der Waals surface area contributed by atoms with Crippen molar-refractivity contribution < 1.29 is 14.3 Å². The monoisotopic (exact) mass is 564 g/mol. The molecule has 0 aliphatic carbocycles. The fourth-order valence-electron chi connectivity index (χ4n) is 5.27. The van der Waals surface area contributed by atoms with Gasteiger partial charge >= 0.3 is 0 Å². The fraction of sp³-hybridized carbons (Fsp3) is 0.303. The van der Waals surface area contributed by atoms with Gasteiger partial charge in [-0.2, -0.15) is 5.26 Å². The molecule has 3 heterocycles. The summed E-state index contributed by atoms with van der Waals surface area (Å²) in [7, 11) is 5.30. The third-order valence-electron chi connectivity index (χ3n) is 7.79. The van der Waals surface area contributed by atoms with Gasteiger partial charge in [-0.1, -0.05) is 30.3 Å². The number of H-pyrrole nitrogens is 1. The average Bonchev–Trinajstić information content (AvgIpc) is 3.43. The van der Waals surface area contributed by atoms with Gasteiger partial charge in [0.2, 0.25) is 0 Å². The normalized spacial score (nSPS) is 15.3. The summed E-state index contributed by atoms with van der Waals surface area (Å²) in [6.07, 6.45) is 5.16. The van der Waals surface area contributed by atoms with Crippen LogP contribution in [0.1, 0.15) is 29.7 Å². The Morgan fingerprint density at radius 2 is 1.83 bits per heavy atom. The molecule has 1 aliphatic heterocycles. The number of piperazine rings is 1. The number of rotatable bonds is 9. The third-order valence-corrected chi connectivity index (χ3v) is 7.79. The molecule has 2 aromatic heterocycles. The average molecular weight is 565 g/mol. The lowest BCUT2D eigenvalue weighted by atomic mass is 9.99. The number of benzene rings is 2. The number of carbonyl (C=O) groups is 1. The number of methoxy groups -OCH3 is 2. The van der Waals surface area contributed by atoms with Crippen molar-refractivity contribution in [2.24, 2.45) is 0 Å². The van der Waals surface area contributed by atoms with E-state index >= 15 is 0 Å². The van der Waals surface area contributed by atoms with Gasteiger partial charge in [0, 0.05) is 56.1 Å². The molecule has 216 valence electrons. The number of nitrogens with zero attached hydrogens (tertiary/aromatic N) is 4. The predicted octanol–water partition coefficient (Wildman–Crippen LogP) is 4.78. The van der Waals surface area contributed by atoms with Gasteiger partial charge in [0.05, 0.1) is 20.3 Å². The maximum Gasteiger partial charge on any atom is 0.262 e. The Labute approximate surface area is 246 Å². The number of hydrogen-bond acceptors (Lipinski definition) is 7. The number of nitriles is 1. The number of carbonyl (C=O) groups excluding carboxylic acids is 1. The summed E-state index contributed by atoms with van der Waals surface area (Å²) in [5, 5.41) is 13.7. The van der Waals surface area contributed by atoms with Gasteiger partial charge in [0.15, 0.2) is 11.5 Å². The van der Waals surface area contributed by atoms with Crippen molar-refractivity contribution in [2.45, 2.75) is 19.5 Å². The Balaban J connectivity index is 1.37. The number of fused-ring (bicyclic) bond motifs is 1. The number of nitrogens with one attached hydrogen (secondary N) is 2. The van der Waals surface area contributed by atoms with Gasteiger partial charge in [0.1, 0.15) is 17.3 Å². The lowest BCUT2D eigenvalue weighted by Gasteiger charge is -2.32. The standard InChI is InChI=1S/C33H36N6O3/c1-22(25-9-10-29(41-3)30(18-25)42-4)37-33(40)26(19-34)17-27-20-36-32-31(27)28(11-12-35-32)24-7-5-23(6-8-24)21-39-15-13-38(2)14-16-39/h5-12,17-18,20,22H,13-16,21H2,1-4H3,(H,35,36)(H,37,40)/b26-17+/t22-/m1/s1. The molecule has 4 aromatic rings. The van der Waals surface area contributed by atoms with Crippen molar-refractivity contribution in [1.82, 2.24) is 25.1 Å². The minimum Gasteiger partial charge on any atom is -0.493 e. The van der Waals surface area contributed by atoms with Crippen molar-refractivity contribution in [3.8, 4) is 28.7 Å². The summed E-state index contributed by atoms with van der Waals surface area (Å²) < 4.78 is 10.7. The molecule has 0 bridgehead atoms. The van der Waals surface area contributed by atoms with Gasteiger partial charge in [-0.05, 0) is 60.5 Å². The van der Waals surface area contributed by atoms with Gasteiger partial charge in [-0.25, -0.2) is 4.98 Å². The predicted molar refractivity (Wildman–Crippen MR) is 164 cm³/mol. The number of pyridine rings is 1. The molecule has 1 fully saturated rings. The summed E-state index contributed by atoms with van der Waals surface area (Å²) in [6.45, 7) is 7.12. The van der Waals surface area contributed by atoms with Gasteiger partial charge in [-0.15, -0.1) is 0 Å². The van der Waals surface area contributed by atoms with Crippen LogP contribution in [0.2, 0.25) is 0 Å². The van der Waals surface area contributed by atoms with Crippen molar-refractivity contribution in [3.63, 3.8) is 0 Å². The fourth-order valence-corrected chi connectivity index (χ4v) is 5.27. The summed E-state index contributed by atoms with van der Waals surface area (Å²) in [5.41, 5.74) is 5.54. The minimum atomic E-state index is -0.465. The topological polar surface area (TPSA) is 107 Å². The van der Waals surface area contributed by atoms with Crippen LogP contribution in [0.3, 0.4) is 0 Å². The van der Waals surface area contributed by atoms with Crippen LogP contribution >= 0.6 is 0 Å². The molecule has 2 N–H and O–H groups in total. The van der Waals surface area contributed by atoms with Crippen LogP contribution in [-0.2, 0) is 11.3 Å². The molecule has 5 rings (SSSR count). The second-order valence-electron chi connectivity index (χ2n) is 10.6. The highest BCUT2D eigenvalue weighted by Gasteiger charge is 2.18. The van der Waals surface area contributed by atoms with E-state index in [-0.39, 0.29) is 11.6 Å². The summed E-state index contributed by atoms with van der Waals surface area (Å²) in [4.78, 5) is 25.7. The Kier molecular flexibility index (Phi) is 8.86. The quantitative estimate of drug-likeness (QED) is 0.223. The molecular weight excluding hydrogens is 528 g/mol. The van der Waals surface area contributed by atoms with Gasteiger partial charge in [0.25, 0.3) is 5.91 Å². The van der Waals surface area contributed by atoms with Crippen LogP contribution in [0.4, 0.5) is 0 Å². The van der Waals surface area contributed by atoms with E-state index in [0.717, 1.165) is 60.4 Å². The van der Waals surface area contributed by atoms with Crippen LogP contribution in [-0.4, -0.2) is 73.1 Å². The number of amides is 1. The van der Waals surface area contributed by atoms with Crippen molar-refractivity contribution in [2.75, 3.05) is 47.4 Å². The van der Waals surface area contributed by atoms with E-state index in [1.54, 1.807) is 38.8 Å². The molecular formula is C33H36N6O3. The van der Waals surface area contributed by atoms with Crippen LogP contribution < -0.4 is 14.8 Å². The Morgan fingerprint density at radius 1 is 1.10 bits per heavy atom. The van der Waals surface area contributed by atoms with E-state index in [0.29, 0.717) is 17.1 Å². The Morgan fingerprint density at radius 3 is 2.52 bits per heavy atom. The number of aromatic nitrogens is 2. The highest BCUT2D eigenvalue weighted by Crippen LogP contribution is 2.32. The van der Waals surface area contributed by atoms with Gasteiger partial charge in [-0.3, -0.25) is 9.69 Å². The minimum absolute atomic E-state index is 0.000513. The molecule has 0 radical (unpaired) electrons. The molecule has 1 saturated heterocycles. The zero-order valence-corrected chi connectivity index (χ0v) is 24.5. The first kappa shape index (κ1) is 28.9. The highest BCUT2D eigenvalue weighted by atomic mass is 16.5. The molecule has 0 unspecified atom stereocenters. The van der Waals surface area contributed by atoms with E-state index < -0.39 is 5.91 Å². The lowest BCUT2D eigenvalue weighted by Crippen LogP contribution is -2.43. The van der Waals surface area contributed by atoms with Crippen LogP contribution in [0.25, 0.3) is 28.2 Å². The Bertz CT molecular complexity index is 1630. The number of aromatic amines is 1. The van der Waals surface area contributed by atoms with E-state index in [1.807, 2.05) is 25.1 Å². The maximum atomic E-state index is 13.2. The molecule has 1 aliphatic rings. The van der Waals surface area contributed by atoms with Crippen molar-refractivity contribution in [1.29, 1.82) is 5.26 Å². The molecule has 2 aromatic carbocycles. The van der Waals surface area contributed by atoms with Crippen molar-refractivity contribution >= 4 is 23.0 Å². The second-order valence-corrected chi connectivity index (χ2v) is 10.6. The van der Waals surface area contributed by atoms with Crippen molar-refractivity contribution in [3.05, 3.63) is 83.2 Å². The van der Waals surface area contributed by atoms with Crippen LogP contribution in [0, 0.1) is 11.3 Å². The van der Waals surface area contributed by atoms with Gasteiger partial charge < -0.3 is 24.7 Å². The van der Waals surface area contributed by atoms with E-state index in [9.17, 15) is 10.1 Å². The van der Waals surface area contributed by atoms with Crippen LogP contribution in [0.5, 0.6) is 11.5 Å². The smallest absolute Gasteiger partial charge is 0.262 e. The summed E-state index contributed by atoms with van der Waals surface area (Å²) >= 11 is 0. The SMILES string of the molecule is COc1ccc([C@@H](C)NC(=O)/C(C#N)=C/c2c[nH]c3nccc(-c4ccc(CN5CCN(C)CC5)cc4)c23)cc1OC. The Hall–Kier alpha value is -4.65. The molecule has 0 spiro atoms. The first-order chi connectivity index (χ1) is 20.4. The molecule has 0 saturated carbocycles.